The molecule has 0 saturated carbocycles. The predicted octanol–water partition coefficient (Wildman–Crippen LogP) is 2.75. The standard InChI is InChI=1S/C17H21NO3/c1-19-13-21-17-11-14(9-10-18)7-8-16(17)20-12-15-5-3-2-4-6-15/h2-8,11H,9-10,12-13,18H2,1H3. The van der Waals surface area contributed by atoms with E-state index in [-0.39, 0.29) is 6.79 Å². The highest BCUT2D eigenvalue weighted by Gasteiger charge is 2.07. The van der Waals surface area contributed by atoms with Gasteiger partial charge in [0.2, 0.25) is 0 Å². The quantitative estimate of drug-likeness (QED) is 0.759. The topological polar surface area (TPSA) is 53.7 Å². The molecule has 2 N–H and O–H groups in total. The van der Waals surface area contributed by atoms with Gasteiger partial charge in [0, 0.05) is 7.11 Å². The second kappa shape index (κ2) is 8.29. The Labute approximate surface area is 125 Å². The molecule has 2 rings (SSSR count). The summed E-state index contributed by atoms with van der Waals surface area (Å²) in [6, 6.07) is 15.9. The van der Waals surface area contributed by atoms with Crippen LogP contribution in [0.5, 0.6) is 11.5 Å². The smallest absolute Gasteiger partial charge is 0.188 e. The number of nitrogens with two attached hydrogens (primary N) is 1. The molecule has 2 aromatic carbocycles. The lowest BCUT2D eigenvalue weighted by Gasteiger charge is -2.13. The Morgan fingerprint density at radius 1 is 0.905 bits per heavy atom. The third-order valence-electron chi connectivity index (χ3n) is 3.01. The SMILES string of the molecule is COCOc1cc(CCN)ccc1OCc1ccccc1. The summed E-state index contributed by atoms with van der Waals surface area (Å²) >= 11 is 0. The Balaban J connectivity index is 2.09. The van der Waals surface area contributed by atoms with Crippen molar-refractivity contribution in [2.24, 2.45) is 5.73 Å². The van der Waals surface area contributed by atoms with Crippen LogP contribution in [-0.4, -0.2) is 20.4 Å². The van der Waals surface area contributed by atoms with Gasteiger partial charge in [-0.1, -0.05) is 36.4 Å². The monoisotopic (exact) mass is 287 g/mol. The zero-order valence-electron chi connectivity index (χ0n) is 12.2. The van der Waals surface area contributed by atoms with Crippen LogP contribution in [0.25, 0.3) is 0 Å². The zero-order valence-corrected chi connectivity index (χ0v) is 12.2. The first-order valence-corrected chi connectivity index (χ1v) is 6.95. The summed E-state index contributed by atoms with van der Waals surface area (Å²) in [7, 11) is 1.59. The Hall–Kier alpha value is -2.04. The molecule has 4 nitrogen and oxygen atoms in total. The van der Waals surface area contributed by atoms with Gasteiger partial charge in [0.1, 0.15) is 6.61 Å². The van der Waals surface area contributed by atoms with Crippen molar-refractivity contribution in [2.75, 3.05) is 20.4 Å². The van der Waals surface area contributed by atoms with E-state index in [2.05, 4.69) is 0 Å². The Bertz CT molecular complexity index is 543. The van der Waals surface area contributed by atoms with Crippen LogP contribution < -0.4 is 15.2 Å². The molecule has 4 heteroatoms. The van der Waals surface area contributed by atoms with E-state index in [1.807, 2.05) is 48.5 Å². The van der Waals surface area contributed by atoms with Crippen molar-refractivity contribution in [1.29, 1.82) is 0 Å². The molecule has 0 fully saturated rings. The molecule has 0 aromatic heterocycles. The molecule has 0 bridgehead atoms. The normalized spacial score (nSPS) is 10.4. The van der Waals surface area contributed by atoms with Gasteiger partial charge in [-0.05, 0) is 36.2 Å². The maximum Gasteiger partial charge on any atom is 0.188 e. The van der Waals surface area contributed by atoms with Crippen molar-refractivity contribution in [3.63, 3.8) is 0 Å². The van der Waals surface area contributed by atoms with Crippen molar-refractivity contribution in [3.8, 4) is 11.5 Å². The fourth-order valence-corrected chi connectivity index (χ4v) is 1.96. The van der Waals surface area contributed by atoms with Crippen LogP contribution in [0.2, 0.25) is 0 Å². The first-order valence-electron chi connectivity index (χ1n) is 6.95. The van der Waals surface area contributed by atoms with E-state index in [1.54, 1.807) is 7.11 Å². The molecule has 21 heavy (non-hydrogen) atoms. The van der Waals surface area contributed by atoms with Gasteiger partial charge in [-0.2, -0.15) is 0 Å². The summed E-state index contributed by atoms with van der Waals surface area (Å²) in [5.74, 6) is 1.38. The predicted molar refractivity (Wildman–Crippen MR) is 82.5 cm³/mol. The lowest BCUT2D eigenvalue weighted by Crippen LogP contribution is -2.05. The fourth-order valence-electron chi connectivity index (χ4n) is 1.96. The Morgan fingerprint density at radius 3 is 2.43 bits per heavy atom. The summed E-state index contributed by atoms with van der Waals surface area (Å²) < 4.78 is 16.4. The van der Waals surface area contributed by atoms with Crippen molar-refractivity contribution in [1.82, 2.24) is 0 Å². The molecule has 0 radical (unpaired) electrons. The number of methoxy groups -OCH3 is 1. The van der Waals surface area contributed by atoms with Gasteiger partial charge in [-0.25, -0.2) is 0 Å². The summed E-state index contributed by atoms with van der Waals surface area (Å²) in [5.41, 5.74) is 7.82. The van der Waals surface area contributed by atoms with Gasteiger partial charge in [0.15, 0.2) is 18.3 Å². The molecule has 2 aromatic rings. The number of rotatable bonds is 8. The number of ether oxygens (including phenoxy) is 3. The van der Waals surface area contributed by atoms with Crippen LogP contribution >= 0.6 is 0 Å². The van der Waals surface area contributed by atoms with Gasteiger partial charge in [-0.3, -0.25) is 0 Å². The van der Waals surface area contributed by atoms with Crippen molar-refractivity contribution < 1.29 is 14.2 Å². The van der Waals surface area contributed by atoms with Gasteiger partial charge in [0.25, 0.3) is 0 Å². The van der Waals surface area contributed by atoms with E-state index in [9.17, 15) is 0 Å². The van der Waals surface area contributed by atoms with E-state index in [4.69, 9.17) is 19.9 Å². The van der Waals surface area contributed by atoms with Gasteiger partial charge in [-0.15, -0.1) is 0 Å². The van der Waals surface area contributed by atoms with Gasteiger partial charge < -0.3 is 19.9 Å². The average Bonchev–Trinajstić information content (AvgIpc) is 2.53. The second-order valence-electron chi connectivity index (χ2n) is 4.64. The van der Waals surface area contributed by atoms with E-state index >= 15 is 0 Å². The molecule has 0 spiro atoms. The van der Waals surface area contributed by atoms with Crippen molar-refractivity contribution in [2.45, 2.75) is 13.0 Å². The highest BCUT2D eigenvalue weighted by Crippen LogP contribution is 2.29. The molecular weight excluding hydrogens is 266 g/mol. The average molecular weight is 287 g/mol. The van der Waals surface area contributed by atoms with Crippen LogP contribution in [0.3, 0.4) is 0 Å². The summed E-state index contributed by atoms with van der Waals surface area (Å²) in [6.07, 6.45) is 0.808. The first kappa shape index (κ1) is 15.4. The maximum absolute atomic E-state index is 5.84. The molecule has 0 atom stereocenters. The molecule has 0 aliphatic carbocycles. The first-order chi connectivity index (χ1) is 10.3. The van der Waals surface area contributed by atoms with Crippen LogP contribution in [0.1, 0.15) is 11.1 Å². The lowest BCUT2D eigenvalue weighted by molar-refractivity contribution is 0.0483. The third-order valence-corrected chi connectivity index (χ3v) is 3.01. The highest BCUT2D eigenvalue weighted by molar-refractivity contribution is 5.43. The molecule has 0 saturated heterocycles. The Kier molecular flexibility index (Phi) is 6.06. The number of hydrogen-bond acceptors (Lipinski definition) is 4. The molecule has 0 heterocycles. The number of benzene rings is 2. The Morgan fingerprint density at radius 2 is 1.71 bits per heavy atom. The largest absolute Gasteiger partial charge is 0.485 e. The fraction of sp³-hybridized carbons (Fsp3) is 0.294. The molecule has 0 amide bonds. The van der Waals surface area contributed by atoms with Crippen LogP contribution in [-0.2, 0) is 17.8 Å². The summed E-state index contributed by atoms with van der Waals surface area (Å²) in [6.45, 7) is 1.29. The molecule has 0 aliphatic heterocycles. The third kappa shape index (κ3) is 4.77. The van der Waals surface area contributed by atoms with Crippen molar-refractivity contribution >= 4 is 0 Å². The molecular formula is C17H21NO3. The zero-order chi connectivity index (χ0) is 14.9. The van der Waals surface area contributed by atoms with E-state index in [1.165, 1.54) is 0 Å². The van der Waals surface area contributed by atoms with Gasteiger partial charge >= 0.3 is 0 Å². The second-order valence-corrected chi connectivity index (χ2v) is 4.64. The summed E-state index contributed by atoms with van der Waals surface area (Å²) in [5, 5.41) is 0. The minimum atomic E-state index is 0.188. The van der Waals surface area contributed by atoms with E-state index < -0.39 is 0 Å². The summed E-state index contributed by atoms with van der Waals surface area (Å²) in [4.78, 5) is 0. The molecule has 112 valence electrons. The lowest BCUT2D eigenvalue weighted by atomic mass is 10.1. The number of hydrogen-bond donors (Lipinski definition) is 1. The van der Waals surface area contributed by atoms with E-state index in [0.29, 0.717) is 24.7 Å². The molecule has 0 unspecified atom stereocenters. The molecule has 0 aliphatic rings. The van der Waals surface area contributed by atoms with Gasteiger partial charge in [0.05, 0.1) is 0 Å². The van der Waals surface area contributed by atoms with Crippen LogP contribution in [0, 0.1) is 0 Å². The van der Waals surface area contributed by atoms with Crippen LogP contribution in [0.15, 0.2) is 48.5 Å². The highest BCUT2D eigenvalue weighted by atomic mass is 16.7. The minimum absolute atomic E-state index is 0.188. The minimum Gasteiger partial charge on any atom is -0.485 e. The van der Waals surface area contributed by atoms with Crippen molar-refractivity contribution in [3.05, 3.63) is 59.7 Å². The maximum atomic E-state index is 5.84. The van der Waals surface area contributed by atoms with E-state index in [0.717, 1.165) is 17.5 Å². The van der Waals surface area contributed by atoms with Crippen LogP contribution in [0.4, 0.5) is 0 Å².